The average Bonchev–Trinajstić information content (AvgIpc) is 2.78. The summed E-state index contributed by atoms with van der Waals surface area (Å²) in [5.41, 5.74) is 4.40. The summed E-state index contributed by atoms with van der Waals surface area (Å²) in [6, 6.07) is 19.0. The van der Waals surface area contributed by atoms with Crippen LogP contribution < -0.4 is 10.6 Å². The van der Waals surface area contributed by atoms with Crippen molar-refractivity contribution in [2.75, 3.05) is 24.7 Å². The number of alkyl halides is 1. The van der Waals surface area contributed by atoms with Crippen LogP contribution in [0.3, 0.4) is 0 Å². The van der Waals surface area contributed by atoms with Gasteiger partial charge < -0.3 is 15.5 Å². The predicted octanol–water partition coefficient (Wildman–Crippen LogP) is 4.77. The van der Waals surface area contributed by atoms with Crippen LogP contribution in [-0.4, -0.2) is 35.7 Å². The molecular weight excluding hydrogens is 489 g/mol. The van der Waals surface area contributed by atoms with Crippen molar-refractivity contribution < 1.29 is 4.79 Å². The van der Waals surface area contributed by atoms with Crippen LogP contribution in [0, 0.1) is 5.41 Å². The third-order valence-electron chi connectivity index (χ3n) is 4.57. The van der Waals surface area contributed by atoms with Crippen molar-refractivity contribution in [2.24, 2.45) is 0 Å². The van der Waals surface area contributed by atoms with Crippen molar-refractivity contribution in [2.45, 2.75) is 11.0 Å². The smallest absolute Gasteiger partial charge is 0.257 e. The molecule has 0 spiro atoms. The van der Waals surface area contributed by atoms with Crippen LogP contribution in [-0.2, 0) is 11.0 Å². The monoisotopic (exact) mass is 513 g/mol. The molecular formula is C23H24IN5O. The highest BCUT2D eigenvalue weighted by atomic mass is 127. The zero-order valence-corrected chi connectivity index (χ0v) is 19.1. The van der Waals surface area contributed by atoms with Gasteiger partial charge in [-0.1, -0.05) is 46.9 Å². The fourth-order valence-electron chi connectivity index (χ4n) is 2.86. The molecule has 30 heavy (non-hydrogen) atoms. The number of hydrogen-bond donors (Lipinski definition) is 3. The second kappa shape index (κ2) is 10.2. The highest BCUT2D eigenvalue weighted by molar-refractivity contribution is 14.1. The minimum Gasteiger partial charge on any atom is -0.381 e. The molecule has 0 bridgehead atoms. The van der Waals surface area contributed by atoms with Crippen molar-refractivity contribution in [3.63, 3.8) is 0 Å². The minimum absolute atomic E-state index is 0.183. The van der Waals surface area contributed by atoms with Crippen LogP contribution in [0.1, 0.15) is 27.0 Å². The van der Waals surface area contributed by atoms with Gasteiger partial charge in [-0.15, -0.1) is 0 Å². The summed E-state index contributed by atoms with van der Waals surface area (Å²) < 4.78 is 0.880. The fourth-order valence-corrected chi connectivity index (χ4v) is 3.31. The molecule has 1 heterocycles. The van der Waals surface area contributed by atoms with Crippen LogP contribution in [0.15, 0.2) is 66.9 Å². The molecule has 154 valence electrons. The van der Waals surface area contributed by atoms with Crippen molar-refractivity contribution >= 4 is 45.8 Å². The number of nitrogens with one attached hydrogen (secondary N) is 3. The molecule has 0 atom stereocenters. The van der Waals surface area contributed by atoms with Gasteiger partial charge in [0.25, 0.3) is 5.91 Å². The maximum Gasteiger partial charge on any atom is 0.257 e. The number of rotatable bonds is 7. The number of anilines is 2. The van der Waals surface area contributed by atoms with E-state index in [-0.39, 0.29) is 5.91 Å². The molecule has 0 fully saturated rings. The summed E-state index contributed by atoms with van der Waals surface area (Å²) in [5.74, 6) is 0.816. The lowest BCUT2D eigenvalue weighted by atomic mass is 10.1. The number of benzene rings is 2. The molecule has 3 rings (SSSR count). The Morgan fingerprint density at radius 3 is 2.43 bits per heavy atom. The van der Waals surface area contributed by atoms with Crippen molar-refractivity contribution in [3.8, 4) is 0 Å². The number of nitrogens with zero attached hydrogens (tertiary/aromatic N) is 2. The van der Waals surface area contributed by atoms with E-state index >= 15 is 0 Å². The SMILES string of the molecule is CN(C)C(=N)c1ccc(NCc2ccccc2C(=O)Nc2ccc(CI)cn2)cc1. The van der Waals surface area contributed by atoms with Gasteiger partial charge in [0.2, 0.25) is 0 Å². The molecule has 0 aliphatic rings. The van der Waals surface area contributed by atoms with E-state index in [1.807, 2.05) is 74.8 Å². The molecule has 0 aliphatic carbocycles. The standard InChI is InChI=1S/C23H24IN5O/c1-29(2)22(25)17-8-10-19(11-9-17)26-15-18-5-3-4-6-20(18)23(30)28-21-12-7-16(13-24)14-27-21/h3-12,14,25-26H,13,15H2,1-2H3,(H,27,28,30). The topological polar surface area (TPSA) is 81.1 Å². The predicted molar refractivity (Wildman–Crippen MR) is 131 cm³/mol. The largest absolute Gasteiger partial charge is 0.381 e. The van der Waals surface area contributed by atoms with Crippen molar-refractivity contribution in [1.82, 2.24) is 9.88 Å². The first-order valence-corrected chi connectivity index (χ1v) is 11.0. The molecule has 0 saturated carbocycles. The molecule has 0 radical (unpaired) electrons. The summed E-state index contributed by atoms with van der Waals surface area (Å²) in [6.07, 6.45) is 1.77. The van der Waals surface area contributed by atoms with E-state index in [9.17, 15) is 4.79 Å². The molecule has 7 heteroatoms. The molecule has 1 aromatic heterocycles. The first-order chi connectivity index (χ1) is 14.5. The Morgan fingerprint density at radius 1 is 1.07 bits per heavy atom. The number of hydrogen-bond acceptors (Lipinski definition) is 4. The van der Waals surface area contributed by atoms with E-state index in [0.29, 0.717) is 23.8 Å². The summed E-state index contributed by atoms with van der Waals surface area (Å²) >= 11 is 2.28. The Kier molecular flexibility index (Phi) is 7.40. The molecule has 3 aromatic rings. The zero-order valence-electron chi connectivity index (χ0n) is 16.9. The summed E-state index contributed by atoms with van der Waals surface area (Å²) in [7, 11) is 3.70. The number of pyridine rings is 1. The Bertz CT molecular complexity index is 1020. The zero-order chi connectivity index (χ0) is 21.5. The van der Waals surface area contributed by atoms with Crippen LogP contribution in [0.2, 0.25) is 0 Å². The Labute approximate surface area is 190 Å². The maximum absolute atomic E-state index is 12.8. The number of amidine groups is 1. The summed E-state index contributed by atoms with van der Waals surface area (Å²) in [5, 5.41) is 14.3. The molecule has 1 amide bonds. The van der Waals surface area contributed by atoms with Gasteiger partial charge in [-0.05, 0) is 47.5 Å². The van der Waals surface area contributed by atoms with Gasteiger partial charge in [0.15, 0.2) is 0 Å². The quantitative estimate of drug-likeness (QED) is 0.184. The van der Waals surface area contributed by atoms with Gasteiger partial charge in [0.05, 0.1) is 0 Å². The average molecular weight is 513 g/mol. The summed E-state index contributed by atoms with van der Waals surface area (Å²) in [4.78, 5) is 18.8. The highest BCUT2D eigenvalue weighted by Crippen LogP contribution is 2.16. The van der Waals surface area contributed by atoms with Crippen LogP contribution >= 0.6 is 22.6 Å². The minimum atomic E-state index is -0.183. The van der Waals surface area contributed by atoms with Crippen LogP contribution in [0.5, 0.6) is 0 Å². The number of carbonyl (C=O) groups is 1. The third kappa shape index (κ3) is 5.56. The van der Waals surface area contributed by atoms with E-state index in [1.54, 1.807) is 11.1 Å². The van der Waals surface area contributed by atoms with Crippen molar-refractivity contribution in [3.05, 3.63) is 89.1 Å². The van der Waals surface area contributed by atoms with E-state index in [4.69, 9.17) is 5.41 Å². The second-order valence-electron chi connectivity index (χ2n) is 6.97. The Balaban J connectivity index is 1.67. The van der Waals surface area contributed by atoms with Crippen LogP contribution in [0.4, 0.5) is 11.5 Å². The molecule has 2 aromatic carbocycles. The Hall–Kier alpha value is -2.94. The van der Waals surface area contributed by atoms with Crippen LogP contribution in [0.25, 0.3) is 0 Å². The van der Waals surface area contributed by atoms with Gasteiger partial charge in [0.1, 0.15) is 11.7 Å². The van der Waals surface area contributed by atoms with E-state index < -0.39 is 0 Å². The van der Waals surface area contributed by atoms with E-state index in [2.05, 4.69) is 38.2 Å². The lowest BCUT2D eigenvalue weighted by Gasteiger charge is -2.15. The molecule has 3 N–H and O–H groups in total. The molecule has 0 aliphatic heterocycles. The van der Waals surface area contributed by atoms with Gasteiger partial charge in [-0.25, -0.2) is 4.98 Å². The van der Waals surface area contributed by atoms with Gasteiger partial charge >= 0.3 is 0 Å². The molecule has 0 saturated heterocycles. The number of halogens is 1. The fraction of sp³-hybridized carbons (Fsp3) is 0.174. The van der Waals surface area contributed by atoms with Gasteiger partial charge in [-0.2, -0.15) is 0 Å². The number of carbonyl (C=O) groups excluding carboxylic acids is 1. The van der Waals surface area contributed by atoms with Crippen molar-refractivity contribution in [1.29, 1.82) is 5.41 Å². The highest BCUT2D eigenvalue weighted by Gasteiger charge is 2.12. The maximum atomic E-state index is 12.8. The summed E-state index contributed by atoms with van der Waals surface area (Å²) in [6.45, 7) is 0.509. The van der Waals surface area contributed by atoms with E-state index in [1.165, 1.54) is 0 Å². The number of amides is 1. The lowest BCUT2D eigenvalue weighted by molar-refractivity contribution is 0.102. The first-order valence-electron chi connectivity index (χ1n) is 9.48. The Morgan fingerprint density at radius 2 is 1.80 bits per heavy atom. The van der Waals surface area contributed by atoms with Gasteiger partial charge in [-0.3, -0.25) is 10.2 Å². The second-order valence-corrected chi connectivity index (χ2v) is 7.73. The lowest BCUT2D eigenvalue weighted by Crippen LogP contribution is -2.21. The van der Waals surface area contributed by atoms with Gasteiger partial charge in [0, 0.05) is 48.1 Å². The first kappa shape index (κ1) is 21.8. The molecule has 0 unspecified atom stereocenters. The third-order valence-corrected chi connectivity index (χ3v) is 5.45. The normalized spacial score (nSPS) is 10.4. The molecule has 6 nitrogen and oxygen atoms in total. The number of aromatic nitrogens is 1. The van der Waals surface area contributed by atoms with E-state index in [0.717, 1.165) is 26.8 Å².